The van der Waals surface area contributed by atoms with E-state index in [0.717, 1.165) is 16.9 Å². The fraction of sp³-hybridized carbons (Fsp3) is 0.143. The summed E-state index contributed by atoms with van der Waals surface area (Å²) in [5, 5.41) is 17.1. The number of esters is 1. The fourth-order valence-corrected chi connectivity index (χ4v) is 5.83. The van der Waals surface area contributed by atoms with Crippen LogP contribution in [0, 0.1) is 0 Å². The second-order valence-corrected chi connectivity index (χ2v) is 10.7. The lowest BCUT2D eigenvalue weighted by Gasteiger charge is -2.06. The maximum absolute atomic E-state index is 12.8. The van der Waals surface area contributed by atoms with Crippen LogP contribution < -0.4 is 5.73 Å². The van der Waals surface area contributed by atoms with Gasteiger partial charge in [0.05, 0.1) is 12.9 Å². The van der Waals surface area contributed by atoms with E-state index in [-0.39, 0.29) is 21.3 Å². The van der Waals surface area contributed by atoms with Gasteiger partial charge in [0.2, 0.25) is 0 Å². The number of methoxy groups -OCH3 is 1. The molecule has 2 aromatic carbocycles. The number of carboxylic acids is 1. The third-order valence-corrected chi connectivity index (χ3v) is 7.84. The summed E-state index contributed by atoms with van der Waals surface area (Å²) in [5.41, 5.74) is 7.94. The predicted octanol–water partition coefficient (Wildman–Crippen LogP) is 4.75. The van der Waals surface area contributed by atoms with E-state index in [1.165, 1.54) is 31.4 Å². The van der Waals surface area contributed by atoms with Gasteiger partial charge in [-0.25, -0.2) is 18.0 Å². The van der Waals surface area contributed by atoms with Gasteiger partial charge in [-0.1, -0.05) is 29.8 Å². The Morgan fingerprint density at radius 2 is 1.77 bits per heavy atom. The molecule has 1 heterocycles. The Morgan fingerprint density at radius 1 is 1.14 bits per heavy atom. The number of nitrogen functional groups attached to an aromatic ring is 1. The van der Waals surface area contributed by atoms with Gasteiger partial charge in [-0.2, -0.15) is 13.2 Å². The zero-order valence-electron chi connectivity index (χ0n) is 17.7. The Hall–Kier alpha value is -3.29. The highest BCUT2D eigenvalue weighted by molar-refractivity contribution is 7.92. The first-order chi connectivity index (χ1) is 16.2. The van der Waals surface area contributed by atoms with E-state index < -0.39 is 28.0 Å². The van der Waals surface area contributed by atoms with Gasteiger partial charge in [-0.15, -0.1) is 11.3 Å². The molecule has 0 fully saturated rings. The molecule has 188 valence electrons. The molecule has 0 aliphatic rings. The molecule has 0 bridgehead atoms. The average Bonchev–Trinajstić information content (AvgIpc) is 3.15. The SMILES string of the molecule is COC(=O)c1ccc(CS(=O)(=O)c2cc(-c3cccc(N)c3)c(Cl)s2)cc1O.O=C(O)C(F)(F)F. The quantitative estimate of drug-likeness (QED) is 0.304. The highest BCUT2D eigenvalue weighted by atomic mass is 35.5. The van der Waals surface area contributed by atoms with Crippen LogP contribution in [0.1, 0.15) is 15.9 Å². The van der Waals surface area contributed by atoms with Gasteiger partial charge in [0, 0.05) is 11.3 Å². The standard InChI is InChI=1S/C19H16ClNO5S2.C2HF3O2/c1-26-19(23)14-6-5-11(7-16(14)22)10-28(24,25)17-9-15(18(20)27-17)12-3-2-4-13(21)8-12;3-2(4,5)1(6)7/h2-9,22H,10,21H2,1H3;(H,6,7). The summed E-state index contributed by atoms with van der Waals surface area (Å²) in [5.74, 6) is -4.16. The number of phenols is 1. The van der Waals surface area contributed by atoms with E-state index in [0.29, 0.717) is 21.2 Å². The van der Waals surface area contributed by atoms with Gasteiger partial charge >= 0.3 is 18.1 Å². The van der Waals surface area contributed by atoms with E-state index in [4.69, 9.17) is 27.2 Å². The lowest BCUT2D eigenvalue weighted by atomic mass is 10.1. The second-order valence-electron chi connectivity index (χ2n) is 6.78. The molecule has 1 aromatic heterocycles. The number of phenolic OH excluding ortho intramolecular Hbond substituents is 1. The molecule has 0 radical (unpaired) electrons. The molecule has 0 atom stereocenters. The first-order valence-corrected chi connectivity index (χ1v) is 12.1. The molecule has 4 N–H and O–H groups in total. The van der Waals surface area contributed by atoms with Gasteiger partial charge in [0.25, 0.3) is 0 Å². The number of hydrogen-bond acceptors (Lipinski definition) is 8. The number of carbonyl (C=O) groups is 2. The molecule has 0 saturated carbocycles. The van der Waals surface area contributed by atoms with E-state index in [9.17, 15) is 31.5 Å². The Morgan fingerprint density at radius 3 is 2.29 bits per heavy atom. The van der Waals surface area contributed by atoms with Crippen molar-refractivity contribution in [2.45, 2.75) is 16.1 Å². The number of alkyl halides is 3. The average molecular weight is 552 g/mol. The van der Waals surface area contributed by atoms with E-state index in [1.807, 2.05) is 0 Å². The van der Waals surface area contributed by atoms with Crippen molar-refractivity contribution in [2.75, 3.05) is 12.8 Å². The van der Waals surface area contributed by atoms with Crippen LogP contribution in [0.5, 0.6) is 5.75 Å². The predicted molar refractivity (Wildman–Crippen MR) is 123 cm³/mol. The van der Waals surface area contributed by atoms with Crippen LogP contribution in [0.3, 0.4) is 0 Å². The van der Waals surface area contributed by atoms with Crippen LogP contribution in [0.15, 0.2) is 52.7 Å². The number of thiophene rings is 1. The minimum Gasteiger partial charge on any atom is -0.507 e. The van der Waals surface area contributed by atoms with Crippen LogP contribution in [0.2, 0.25) is 4.34 Å². The van der Waals surface area contributed by atoms with Crippen molar-refractivity contribution in [3.05, 3.63) is 64.0 Å². The van der Waals surface area contributed by atoms with E-state index in [2.05, 4.69) is 4.74 Å². The highest BCUT2D eigenvalue weighted by Gasteiger charge is 2.38. The highest BCUT2D eigenvalue weighted by Crippen LogP contribution is 2.39. The summed E-state index contributed by atoms with van der Waals surface area (Å²) in [4.78, 5) is 20.4. The van der Waals surface area contributed by atoms with Gasteiger partial charge in [0.1, 0.15) is 19.9 Å². The van der Waals surface area contributed by atoms with Gasteiger partial charge in [-0.05, 0) is 41.5 Å². The third kappa shape index (κ3) is 7.34. The smallest absolute Gasteiger partial charge is 0.490 e. The molecule has 35 heavy (non-hydrogen) atoms. The molecule has 8 nitrogen and oxygen atoms in total. The van der Waals surface area contributed by atoms with Crippen molar-refractivity contribution >= 4 is 50.4 Å². The molecule has 0 aliphatic heterocycles. The molecule has 0 spiro atoms. The lowest BCUT2D eigenvalue weighted by molar-refractivity contribution is -0.192. The van der Waals surface area contributed by atoms with Crippen molar-refractivity contribution < 1.29 is 46.1 Å². The second kappa shape index (κ2) is 11.0. The maximum atomic E-state index is 12.8. The molecule has 0 saturated heterocycles. The summed E-state index contributed by atoms with van der Waals surface area (Å²) in [6.07, 6.45) is -5.08. The molecule has 3 rings (SSSR count). The molecule has 14 heteroatoms. The van der Waals surface area contributed by atoms with Gasteiger partial charge in [-0.3, -0.25) is 0 Å². The summed E-state index contributed by atoms with van der Waals surface area (Å²) in [6.45, 7) is 0. The lowest BCUT2D eigenvalue weighted by Crippen LogP contribution is -2.21. The number of anilines is 1. The first-order valence-electron chi connectivity index (χ1n) is 9.24. The number of benzene rings is 2. The monoisotopic (exact) mass is 551 g/mol. The summed E-state index contributed by atoms with van der Waals surface area (Å²) >= 11 is 7.22. The molecule has 0 aliphatic carbocycles. The van der Waals surface area contributed by atoms with Crippen molar-refractivity contribution in [3.63, 3.8) is 0 Å². The maximum Gasteiger partial charge on any atom is 0.490 e. The van der Waals surface area contributed by atoms with Gasteiger partial charge in [0.15, 0.2) is 9.84 Å². The van der Waals surface area contributed by atoms with Crippen LogP contribution in [-0.2, 0) is 25.1 Å². The normalized spacial score (nSPS) is 11.3. The number of sulfone groups is 1. The van der Waals surface area contributed by atoms with Gasteiger partial charge < -0.3 is 20.7 Å². The minimum atomic E-state index is -5.08. The number of halogens is 4. The molecular weight excluding hydrogens is 535 g/mol. The number of carbonyl (C=O) groups excluding carboxylic acids is 1. The van der Waals surface area contributed by atoms with Crippen LogP contribution >= 0.6 is 22.9 Å². The Balaban J connectivity index is 0.000000540. The Kier molecular flexibility index (Phi) is 8.76. The Labute approximate surface area is 206 Å². The summed E-state index contributed by atoms with van der Waals surface area (Å²) in [7, 11) is -2.52. The van der Waals surface area contributed by atoms with E-state index >= 15 is 0 Å². The van der Waals surface area contributed by atoms with Crippen molar-refractivity contribution in [1.82, 2.24) is 0 Å². The largest absolute Gasteiger partial charge is 0.507 e. The topological polar surface area (TPSA) is 144 Å². The molecule has 0 unspecified atom stereocenters. The molecule has 3 aromatic rings. The fourth-order valence-electron chi connectivity index (χ4n) is 2.64. The number of carboxylic acid groups (broad SMARTS) is 1. The van der Waals surface area contributed by atoms with Crippen LogP contribution in [-0.4, -0.2) is 43.9 Å². The summed E-state index contributed by atoms with van der Waals surface area (Å²) < 4.78 is 62.3. The van der Waals surface area contributed by atoms with Crippen molar-refractivity contribution in [1.29, 1.82) is 0 Å². The third-order valence-electron chi connectivity index (χ3n) is 4.23. The number of aliphatic carboxylic acids is 1. The molecular formula is C21H17ClF3NO7S2. The first kappa shape index (κ1) is 28.0. The van der Waals surface area contributed by atoms with Crippen molar-refractivity contribution in [2.24, 2.45) is 0 Å². The number of rotatable bonds is 5. The number of ether oxygens (including phenoxy) is 1. The zero-order chi connectivity index (χ0) is 26.6. The number of nitrogens with two attached hydrogens (primary N) is 1. The van der Waals surface area contributed by atoms with Crippen LogP contribution in [0.25, 0.3) is 11.1 Å². The van der Waals surface area contributed by atoms with Crippen LogP contribution in [0.4, 0.5) is 18.9 Å². The zero-order valence-corrected chi connectivity index (χ0v) is 20.1. The molecule has 0 amide bonds. The minimum absolute atomic E-state index is 0.0354. The Bertz CT molecular complexity index is 1360. The summed E-state index contributed by atoms with van der Waals surface area (Å²) in [6, 6.07) is 12.5. The number of hydrogen-bond donors (Lipinski definition) is 3. The van der Waals surface area contributed by atoms with Crippen molar-refractivity contribution in [3.8, 4) is 16.9 Å². The number of aromatic hydroxyl groups is 1. The van der Waals surface area contributed by atoms with E-state index in [1.54, 1.807) is 24.3 Å².